The lowest BCUT2D eigenvalue weighted by molar-refractivity contribution is -0.128. The molecule has 1 aromatic rings. The second-order valence-corrected chi connectivity index (χ2v) is 8.86. The van der Waals surface area contributed by atoms with Crippen molar-refractivity contribution in [3.8, 4) is 11.5 Å². The first-order valence-corrected chi connectivity index (χ1v) is 9.89. The Hall–Kier alpha value is -2.02. The molecule has 0 spiro atoms. The normalized spacial score (nSPS) is 15.5. The summed E-state index contributed by atoms with van der Waals surface area (Å²) in [6.07, 6.45) is 3.13. The van der Waals surface area contributed by atoms with Gasteiger partial charge in [0, 0.05) is 19.2 Å². The van der Waals surface area contributed by atoms with Crippen molar-refractivity contribution in [3.63, 3.8) is 0 Å². The zero-order valence-corrected chi connectivity index (χ0v) is 15.9. The Morgan fingerprint density at radius 1 is 1.24 bits per heavy atom. The minimum absolute atomic E-state index is 0.0969. The van der Waals surface area contributed by atoms with Crippen LogP contribution in [0.25, 0.3) is 6.08 Å². The van der Waals surface area contributed by atoms with E-state index >= 15 is 0 Å². The predicted molar refractivity (Wildman–Crippen MR) is 97.6 cm³/mol. The topological polar surface area (TPSA) is 72.9 Å². The molecule has 0 N–H and O–H groups in total. The van der Waals surface area contributed by atoms with Crippen LogP contribution in [0.2, 0.25) is 0 Å². The number of sulfone groups is 1. The summed E-state index contributed by atoms with van der Waals surface area (Å²) in [5.41, 5.74) is 0.801. The number of hydrogen-bond donors (Lipinski definition) is 0. The van der Waals surface area contributed by atoms with E-state index in [4.69, 9.17) is 9.47 Å². The number of carbonyl (C=O) groups is 1. The molecule has 7 heteroatoms. The van der Waals surface area contributed by atoms with E-state index in [1.54, 1.807) is 37.3 Å². The molecule has 1 fully saturated rings. The number of benzene rings is 1. The molecule has 0 unspecified atom stereocenters. The van der Waals surface area contributed by atoms with E-state index < -0.39 is 15.1 Å². The first kappa shape index (κ1) is 19.3. The molecule has 0 bridgehead atoms. The van der Waals surface area contributed by atoms with Gasteiger partial charge in [-0.1, -0.05) is 19.9 Å². The number of ether oxygens (including phenoxy) is 2. The Kier molecular flexibility index (Phi) is 6.11. The number of hydrogen-bond acceptors (Lipinski definition) is 5. The molecule has 0 aliphatic carbocycles. The van der Waals surface area contributed by atoms with Gasteiger partial charge in [-0.05, 0) is 29.7 Å². The number of nitrogens with zero attached hydrogens (tertiary/aromatic N) is 1. The minimum Gasteiger partial charge on any atom is -0.493 e. The van der Waals surface area contributed by atoms with E-state index in [2.05, 4.69) is 0 Å². The summed E-state index contributed by atoms with van der Waals surface area (Å²) in [5, 5.41) is -0.437. The van der Waals surface area contributed by atoms with Crippen molar-refractivity contribution in [1.82, 2.24) is 4.90 Å². The zero-order chi connectivity index (χ0) is 18.6. The molecule has 1 aromatic carbocycles. The van der Waals surface area contributed by atoms with Gasteiger partial charge in [-0.15, -0.1) is 0 Å². The SMILES string of the molecule is COc1ccc(/C=C/C(=O)N2CC(S(=O)(=O)CC(C)C)C2)cc1OC. The maximum absolute atomic E-state index is 12.2. The van der Waals surface area contributed by atoms with Crippen LogP contribution < -0.4 is 9.47 Å². The second-order valence-electron chi connectivity index (χ2n) is 6.54. The Labute approximate surface area is 149 Å². The van der Waals surface area contributed by atoms with E-state index in [1.165, 1.54) is 6.08 Å². The molecule has 6 nitrogen and oxygen atoms in total. The van der Waals surface area contributed by atoms with Crippen molar-refractivity contribution < 1.29 is 22.7 Å². The lowest BCUT2D eigenvalue weighted by Gasteiger charge is -2.38. The molecule has 0 saturated carbocycles. The summed E-state index contributed by atoms with van der Waals surface area (Å²) in [7, 11) is -0.0115. The first-order valence-electron chi connectivity index (χ1n) is 8.17. The molecular formula is C18H25NO5S. The van der Waals surface area contributed by atoms with Crippen LogP contribution in [-0.4, -0.2) is 57.5 Å². The monoisotopic (exact) mass is 367 g/mol. The van der Waals surface area contributed by atoms with Gasteiger partial charge in [0.1, 0.15) is 0 Å². The van der Waals surface area contributed by atoms with Gasteiger partial charge in [-0.3, -0.25) is 4.79 Å². The van der Waals surface area contributed by atoms with Crippen LogP contribution in [0.1, 0.15) is 19.4 Å². The predicted octanol–water partition coefficient (Wildman–Crippen LogP) is 2.00. The standard InChI is InChI=1S/C18H25NO5S/c1-13(2)12-25(21,22)15-10-19(11-15)18(20)8-6-14-5-7-16(23-3)17(9-14)24-4/h5-9,13,15H,10-12H2,1-4H3/b8-6+. The fraction of sp³-hybridized carbons (Fsp3) is 0.500. The highest BCUT2D eigenvalue weighted by Gasteiger charge is 2.38. The molecule has 25 heavy (non-hydrogen) atoms. The van der Waals surface area contributed by atoms with Crippen molar-refractivity contribution in [2.24, 2.45) is 5.92 Å². The van der Waals surface area contributed by atoms with Crippen molar-refractivity contribution in [2.75, 3.05) is 33.1 Å². The van der Waals surface area contributed by atoms with E-state index in [1.807, 2.05) is 19.9 Å². The van der Waals surface area contributed by atoms with Crippen LogP contribution in [0.3, 0.4) is 0 Å². The van der Waals surface area contributed by atoms with Gasteiger partial charge in [0.15, 0.2) is 21.3 Å². The Balaban J connectivity index is 1.95. The van der Waals surface area contributed by atoms with Crippen molar-refractivity contribution >= 4 is 21.8 Å². The number of methoxy groups -OCH3 is 2. The fourth-order valence-corrected chi connectivity index (χ4v) is 4.69. The van der Waals surface area contributed by atoms with Crippen LogP contribution in [-0.2, 0) is 14.6 Å². The van der Waals surface area contributed by atoms with Crippen molar-refractivity contribution in [1.29, 1.82) is 0 Å². The van der Waals surface area contributed by atoms with E-state index in [9.17, 15) is 13.2 Å². The van der Waals surface area contributed by atoms with E-state index in [0.717, 1.165) is 5.56 Å². The maximum atomic E-state index is 12.2. The van der Waals surface area contributed by atoms with E-state index in [0.29, 0.717) is 11.5 Å². The van der Waals surface area contributed by atoms with Gasteiger partial charge < -0.3 is 14.4 Å². The van der Waals surface area contributed by atoms with Crippen LogP contribution in [0.4, 0.5) is 0 Å². The van der Waals surface area contributed by atoms with Crippen LogP contribution in [0, 0.1) is 5.92 Å². The summed E-state index contributed by atoms with van der Waals surface area (Å²) in [6, 6.07) is 5.35. The van der Waals surface area contributed by atoms with Gasteiger partial charge in [-0.2, -0.15) is 0 Å². The minimum atomic E-state index is -3.12. The second kappa shape index (κ2) is 7.91. The zero-order valence-electron chi connectivity index (χ0n) is 15.1. The fourth-order valence-electron chi connectivity index (χ4n) is 2.68. The molecule has 1 aliphatic rings. The molecule has 1 saturated heterocycles. The highest BCUT2D eigenvalue weighted by atomic mass is 32.2. The molecule has 138 valence electrons. The highest BCUT2D eigenvalue weighted by Crippen LogP contribution is 2.28. The summed E-state index contributed by atoms with van der Waals surface area (Å²) < 4.78 is 34.6. The first-order chi connectivity index (χ1) is 11.8. The third-order valence-corrected chi connectivity index (χ3v) is 6.50. The Bertz CT molecular complexity index is 749. The van der Waals surface area contributed by atoms with Gasteiger partial charge >= 0.3 is 0 Å². The van der Waals surface area contributed by atoms with Crippen LogP contribution in [0.5, 0.6) is 11.5 Å². The van der Waals surface area contributed by atoms with Gasteiger partial charge in [0.2, 0.25) is 5.91 Å². The van der Waals surface area contributed by atoms with Gasteiger partial charge in [0.05, 0.1) is 25.2 Å². The lowest BCUT2D eigenvalue weighted by Crippen LogP contribution is -2.57. The molecule has 1 aliphatic heterocycles. The van der Waals surface area contributed by atoms with Crippen molar-refractivity contribution in [2.45, 2.75) is 19.1 Å². The van der Waals surface area contributed by atoms with Gasteiger partial charge in [0.25, 0.3) is 0 Å². The van der Waals surface area contributed by atoms with Gasteiger partial charge in [-0.25, -0.2) is 8.42 Å². The smallest absolute Gasteiger partial charge is 0.246 e. The van der Waals surface area contributed by atoms with Crippen LogP contribution >= 0.6 is 0 Å². The largest absolute Gasteiger partial charge is 0.493 e. The maximum Gasteiger partial charge on any atom is 0.246 e. The van der Waals surface area contributed by atoms with Crippen LogP contribution in [0.15, 0.2) is 24.3 Å². The molecule has 1 amide bonds. The number of likely N-dealkylation sites (tertiary alicyclic amines) is 1. The lowest BCUT2D eigenvalue weighted by atomic mass is 10.1. The summed E-state index contributed by atoms with van der Waals surface area (Å²) >= 11 is 0. The van der Waals surface area contributed by atoms with Crippen molar-refractivity contribution in [3.05, 3.63) is 29.8 Å². The third kappa shape index (κ3) is 4.75. The third-order valence-electron chi connectivity index (χ3n) is 4.06. The quantitative estimate of drug-likeness (QED) is 0.689. The summed E-state index contributed by atoms with van der Waals surface area (Å²) in [6.45, 7) is 4.30. The number of rotatable bonds is 7. The highest BCUT2D eigenvalue weighted by molar-refractivity contribution is 7.92. The Morgan fingerprint density at radius 2 is 1.88 bits per heavy atom. The molecular weight excluding hydrogens is 342 g/mol. The molecule has 0 aromatic heterocycles. The number of carbonyl (C=O) groups excluding carboxylic acids is 1. The Morgan fingerprint density at radius 3 is 2.44 bits per heavy atom. The average molecular weight is 367 g/mol. The average Bonchev–Trinajstić information content (AvgIpc) is 2.49. The summed E-state index contributed by atoms with van der Waals surface area (Å²) in [4.78, 5) is 13.7. The molecule has 0 radical (unpaired) electrons. The van der Waals surface area contributed by atoms with E-state index in [-0.39, 0.29) is 30.7 Å². The molecule has 2 rings (SSSR count). The summed E-state index contributed by atoms with van der Waals surface area (Å²) in [5.74, 6) is 1.28. The number of amides is 1. The molecule has 1 heterocycles. The molecule has 0 atom stereocenters.